The zero-order valence-corrected chi connectivity index (χ0v) is 15.0. The summed E-state index contributed by atoms with van der Waals surface area (Å²) in [6.07, 6.45) is -21.2. The van der Waals surface area contributed by atoms with Gasteiger partial charge in [0, 0.05) is 0 Å². The molecular weight excluding hydrogens is 404 g/mol. The van der Waals surface area contributed by atoms with Crippen molar-refractivity contribution in [2.75, 3.05) is 13.2 Å². The largest absolute Gasteiger partial charge is 0.388 e. The maximum absolute atomic E-state index is 10.3. The van der Waals surface area contributed by atoms with Gasteiger partial charge in [0.25, 0.3) is 0 Å². The van der Waals surface area contributed by atoms with Crippen LogP contribution < -0.4 is 0 Å². The predicted molar refractivity (Wildman–Crippen MR) is 84.4 cm³/mol. The molecule has 0 unspecified atom stereocenters. The number of aliphatic hydroxyl groups excluding tert-OH is 9. The maximum atomic E-state index is 10.3. The average molecular weight is 430 g/mol. The summed E-state index contributed by atoms with van der Waals surface area (Å²) >= 11 is 0. The van der Waals surface area contributed by atoms with Gasteiger partial charge in [-0.15, -0.1) is 0 Å². The lowest BCUT2D eigenvalue weighted by Gasteiger charge is -2.45. The highest BCUT2D eigenvalue weighted by molar-refractivity contribution is 4.91. The lowest BCUT2D eigenvalue weighted by Crippen LogP contribution is -2.64. The van der Waals surface area contributed by atoms with E-state index >= 15 is 0 Å². The maximum Gasteiger partial charge on any atom is 0.189 e. The predicted octanol–water partition coefficient (Wildman–Crippen LogP) is -6.34. The van der Waals surface area contributed by atoms with Crippen molar-refractivity contribution in [3.63, 3.8) is 0 Å². The van der Waals surface area contributed by atoms with Gasteiger partial charge in [0.1, 0.15) is 54.9 Å². The Balaban J connectivity index is 1.60. The third kappa shape index (κ3) is 4.70. The highest BCUT2D eigenvalue weighted by atomic mass is 16.8. The minimum atomic E-state index is -1.89. The molecule has 13 atom stereocenters. The van der Waals surface area contributed by atoms with Gasteiger partial charge >= 0.3 is 0 Å². The molecule has 3 aliphatic heterocycles. The molecule has 9 N–H and O–H groups in total. The molecule has 0 aromatic heterocycles. The van der Waals surface area contributed by atoms with E-state index in [0.717, 1.165) is 0 Å². The van der Waals surface area contributed by atoms with Gasteiger partial charge in [-0.05, 0) is 0 Å². The molecule has 3 rings (SSSR count). The Hall–Kier alpha value is -0.560. The smallest absolute Gasteiger partial charge is 0.189 e. The fourth-order valence-corrected chi connectivity index (χ4v) is 3.20. The van der Waals surface area contributed by atoms with Gasteiger partial charge in [-0.1, -0.05) is 0 Å². The molecule has 3 fully saturated rings. The fourth-order valence-electron chi connectivity index (χ4n) is 3.20. The summed E-state index contributed by atoms with van der Waals surface area (Å²) in [5.74, 6) is 0. The van der Waals surface area contributed by atoms with E-state index in [9.17, 15) is 46.0 Å². The van der Waals surface area contributed by atoms with Crippen LogP contribution in [0.5, 0.6) is 0 Å². The molecule has 14 heteroatoms. The first kappa shape index (κ1) is 23.1. The SMILES string of the molecule is O[C@@H]1[C@@H](O)[C@H](O[C@@H]2CO[C@@H](O)[C@H](O)[C@H]2O)O[C@H](O)[C@H]1O[C@@H]1OC[C@@H](O)[C@H](O)[C@H]1O. The van der Waals surface area contributed by atoms with Crippen molar-refractivity contribution >= 4 is 0 Å². The molecule has 0 aromatic rings. The van der Waals surface area contributed by atoms with Crippen molar-refractivity contribution in [2.24, 2.45) is 0 Å². The van der Waals surface area contributed by atoms with E-state index < -0.39 is 80.1 Å². The standard InChI is InChI=1S/C15H26O14/c16-3-1-26-14(9(21)5(3)17)28-11-7(19)10(22)15(29-13(11)24)27-4-2-25-12(23)8(20)6(4)18/h3-24H,1-2H2/t3-,4-,5+,6+,7-,8-,9-,10-,11+,12-,13+,14+,15-/m1/s1. The molecule has 3 heterocycles. The van der Waals surface area contributed by atoms with E-state index in [1.54, 1.807) is 0 Å². The Bertz CT molecular complexity index is 537. The van der Waals surface area contributed by atoms with Crippen LogP contribution in [0, 0.1) is 0 Å². The van der Waals surface area contributed by atoms with Gasteiger partial charge in [-0.25, -0.2) is 0 Å². The summed E-state index contributed by atoms with van der Waals surface area (Å²) in [6, 6.07) is 0. The average Bonchev–Trinajstić information content (AvgIpc) is 2.69. The summed E-state index contributed by atoms with van der Waals surface area (Å²) in [4.78, 5) is 0. The lowest BCUT2D eigenvalue weighted by atomic mass is 10.0. The Morgan fingerprint density at radius 2 is 1.21 bits per heavy atom. The monoisotopic (exact) mass is 430 g/mol. The summed E-state index contributed by atoms with van der Waals surface area (Å²) < 4.78 is 25.4. The minimum absolute atomic E-state index is 0.375. The summed E-state index contributed by atoms with van der Waals surface area (Å²) in [5.41, 5.74) is 0. The minimum Gasteiger partial charge on any atom is -0.388 e. The highest BCUT2D eigenvalue weighted by Gasteiger charge is 2.50. The molecular formula is C15H26O14. The van der Waals surface area contributed by atoms with E-state index in [0.29, 0.717) is 0 Å². The van der Waals surface area contributed by atoms with Crippen LogP contribution in [0.2, 0.25) is 0 Å². The van der Waals surface area contributed by atoms with Crippen LogP contribution in [0.25, 0.3) is 0 Å². The molecule has 170 valence electrons. The first-order valence-corrected chi connectivity index (χ1v) is 8.94. The Morgan fingerprint density at radius 3 is 1.90 bits per heavy atom. The van der Waals surface area contributed by atoms with E-state index in [4.69, 9.17) is 23.7 Å². The van der Waals surface area contributed by atoms with Crippen LogP contribution in [-0.2, 0) is 23.7 Å². The zero-order valence-electron chi connectivity index (χ0n) is 15.0. The second kappa shape index (κ2) is 9.29. The molecule has 0 spiro atoms. The molecule has 3 aliphatic rings. The van der Waals surface area contributed by atoms with Gasteiger partial charge in [0.15, 0.2) is 25.2 Å². The summed E-state index contributed by atoms with van der Waals surface area (Å²) in [7, 11) is 0. The van der Waals surface area contributed by atoms with Crippen LogP contribution in [0.3, 0.4) is 0 Å². The Labute approximate surface area is 164 Å². The number of ether oxygens (including phenoxy) is 5. The molecule has 0 saturated carbocycles. The lowest BCUT2D eigenvalue weighted by molar-refractivity contribution is -0.389. The molecule has 14 nitrogen and oxygen atoms in total. The summed E-state index contributed by atoms with van der Waals surface area (Å²) in [6.45, 7) is -0.759. The van der Waals surface area contributed by atoms with Crippen LogP contribution in [0.1, 0.15) is 0 Å². The zero-order chi connectivity index (χ0) is 21.5. The van der Waals surface area contributed by atoms with Crippen molar-refractivity contribution in [1.82, 2.24) is 0 Å². The van der Waals surface area contributed by atoms with Gasteiger partial charge in [-0.3, -0.25) is 0 Å². The van der Waals surface area contributed by atoms with Gasteiger partial charge < -0.3 is 69.6 Å². The van der Waals surface area contributed by atoms with E-state index in [1.165, 1.54) is 0 Å². The Morgan fingerprint density at radius 1 is 0.552 bits per heavy atom. The third-order valence-electron chi connectivity index (χ3n) is 5.03. The van der Waals surface area contributed by atoms with E-state index in [1.807, 2.05) is 0 Å². The number of hydrogen-bond donors (Lipinski definition) is 9. The van der Waals surface area contributed by atoms with Crippen molar-refractivity contribution < 1.29 is 69.6 Å². The van der Waals surface area contributed by atoms with Crippen molar-refractivity contribution in [3.05, 3.63) is 0 Å². The van der Waals surface area contributed by atoms with Gasteiger partial charge in [-0.2, -0.15) is 0 Å². The quantitative estimate of drug-likeness (QED) is 0.202. The third-order valence-corrected chi connectivity index (χ3v) is 5.03. The molecule has 29 heavy (non-hydrogen) atoms. The van der Waals surface area contributed by atoms with Crippen LogP contribution in [0.15, 0.2) is 0 Å². The van der Waals surface area contributed by atoms with Crippen molar-refractivity contribution in [1.29, 1.82) is 0 Å². The van der Waals surface area contributed by atoms with E-state index in [2.05, 4.69) is 0 Å². The molecule has 0 radical (unpaired) electrons. The van der Waals surface area contributed by atoms with Crippen LogP contribution >= 0.6 is 0 Å². The number of rotatable bonds is 4. The number of aliphatic hydroxyl groups is 9. The summed E-state index contributed by atoms with van der Waals surface area (Å²) in [5, 5.41) is 88.4. The molecule has 0 aliphatic carbocycles. The normalized spacial score (nSPS) is 54.3. The topological polar surface area (TPSA) is 228 Å². The first-order chi connectivity index (χ1) is 13.6. The van der Waals surface area contributed by atoms with E-state index in [-0.39, 0.29) is 13.2 Å². The Kier molecular flexibility index (Phi) is 7.40. The molecule has 0 amide bonds. The number of hydrogen-bond acceptors (Lipinski definition) is 14. The van der Waals surface area contributed by atoms with Crippen molar-refractivity contribution in [2.45, 2.75) is 80.1 Å². The van der Waals surface area contributed by atoms with Gasteiger partial charge in [0.2, 0.25) is 0 Å². The fraction of sp³-hybridized carbons (Fsp3) is 1.00. The van der Waals surface area contributed by atoms with Crippen LogP contribution in [-0.4, -0.2) is 139 Å². The molecule has 0 bridgehead atoms. The second-order valence-electron chi connectivity index (χ2n) is 7.11. The van der Waals surface area contributed by atoms with Crippen molar-refractivity contribution in [3.8, 4) is 0 Å². The molecule has 0 aromatic carbocycles. The molecule has 3 saturated heterocycles. The van der Waals surface area contributed by atoms with Crippen LogP contribution in [0.4, 0.5) is 0 Å². The second-order valence-corrected chi connectivity index (χ2v) is 7.11. The van der Waals surface area contributed by atoms with Gasteiger partial charge in [0.05, 0.1) is 13.2 Å². The first-order valence-electron chi connectivity index (χ1n) is 8.94. The highest BCUT2D eigenvalue weighted by Crippen LogP contribution is 2.29.